The van der Waals surface area contributed by atoms with Crippen LogP contribution in [-0.2, 0) is 32.6 Å². The monoisotopic (exact) mass is 607 g/mol. The lowest BCUT2D eigenvalue weighted by atomic mass is 10.0. The van der Waals surface area contributed by atoms with E-state index in [0.29, 0.717) is 16.3 Å². The van der Waals surface area contributed by atoms with Gasteiger partial charge in [0.05, 0.1) is 10.6 Å². The molecular formula is C32H31ClFN3O4S. The minimum Gasteiger partial charge on any atom is -0.357 e. The van der Waals surface area contributed by atoms with Crippen LogP contribution < -0.4 is 9.62 Å². The lowest BCUT2D eigenvalue weighted by molar-refractivity contribution is -0.139. The number of carbonyl (C=O) groups excluding carboxylic acids is 2. The van der Waals surface area contributed by atoms with E-state index in [9.17, 15) is 22.4 Å². The minimum absolute atomic E-state index is 0.0431. The predicted molar refractivity (Wildman–Crippen MR) is 162 cm³/mol. The van der Waals surface area contributed by atoms with Gasteiger partial charge in [-0.15, -0.1) is 0 Å². The largest absolute Gasteiger partial charge is 0.357 e. The molecule has 0 saturated carbocycles. The van der Waals surface area contributed by atoms with Crippen molar-refractivity contribution in [3.05, 3.63) is 131 Å². The number of hydrogen-bond acceptors (Lipinski definition) is 4. The molecule has 10 heteroatoms. The van der Waals surface area contributed by atoms with Gasteiger partial charge in [-0.3, -0.25) is 13.9 Å². The Morgan fingerprint density at radius 2 is 1.55 bits per heavy atom. The Morgan fingerprint density at radius 1 is 0.881 bits per heavy atom. The Labute approximate surface area is 250 Å². The first kappa shape index (κ1) is 30.7. The highest BCUT2D eigenvalue weighted by Crippen LogP contribution is 2.26. The highest BCUT2D eigenvalue weighted by atomic mass is 35.5. The highest BCUT2D eigenvalue weighted by molar-refractivity contribution is 7.92. The molecule has 0 aliphatic carbocycles. The van der Waals surface area contributed by atoms with Gasteiger partial charge in [0, 0.05) is 25.0 Å². The molecule has 0 aromatic heterocycles. The fourth-order valence-corrected chi connectivity index (χ4v) is 6.08. The normalized spacial score (nSPS) is 11.9. The average molecular weight is 608 g/mol. The van der Waals surface area contributed by atoms with Crippen molar-refractivity contribution in [2.24, 2.45) is 0 Å². The number of benzene rings is 4. The number of hydrogen-bond donors (Lipinski definition) is 1. The molecule has 4 aromatic carbocycles. The number of likely N-dealkylation sites (N-methyl/N-ethyl adjacent to an activating group) is 1. The van der Waals surface area contributed by atoms with Crippen molar-refractivity contribution in [1.29, 1.82) is 0 Å². The first-order valence-electron chi connectivity index (χ1n) is 13.2. The maximum absolute atomic E-state index is 14.2. The van der Waals surface area contributed by atoms with Crippen LogP contribution in [0.4, 0.5) is 10.1 Å². The Balaban J connectivity index is 1.78. The van der Waals surface area contributed by atoms with Crippen LogP contribution in [0.2, 0.25) is 5.02 Å². The summed E-state index contributed by atoms with van der Waals surface area (Å²) in [5.74, 6) is -1.47. The fraction of sp³-hybridized carbons (Fsp3) is 0.188. The maximum atomic E-state index is 14.2. The molecule has 0 spiro atoms. The number of amides is 2. The number of rotatable bonds is 11. The third-order valence-electron chi connectivity index (χ3n) is 6.75. The Bertz CT molecular complexity index is 1630. The molecule has 0 aliphatic heterocycles. The van der Waals surface area contributed by atoms with Crippen molar-refractivity contribution in [1.82, 2.24) is 10.2 Å². The van der Waals surface area contributed by atoms with Gasteiger partial charge in [-0.2, -0.15) is 0 Å². The summed E-state index contributed by atoms with van der Waals surface area (Å²) in [5.41, 5.74) is 2.48. The summed E-state index contributed by atoms with van der Waals surface area (Å²) in [6.45, 7) is 1.19. The lowest BCUT2D eigenvalue weighted by Gasteiger charge is -2.33. The summed E-state index contributed by atoms with van der Waals surface area (Å²) in [6, 6.07) is 26.3. The van der Waals surface area contributed by atoms with E-state index in [-0.39, 0.29) is 17.9 Å². The predicted octanol–water partition coefficient (Wildman–Crippen LogP) is 5.37. The Morgan fingerprint density at radius 3 is 2.17 bits per heavy atom. The van der Waals surface area contributed by atoms with E-state index >= 15 is 0 Å². The van der Waals surface area contributed by atoms with Gasteiger partial charge in [-0.05, 0) is 72.1 Å². The Hall–Kier alpha value is -4.21. The van der Waals surface area contributed by atoms with Gasteiger partial charge >= 0.3 is 0 Å². The van der Waals surface area contributed by atoms with E-state index in [2.05, 4.69) is 5.32 Å². The molecule has 0 bridgehead atoms. The van der Waals surface area contributed by atoms with Crippen LogP contribution in [0.5, 0.6) is 0 Å². The van der Waals surface area contributed by atoms with Crippen LogP contribution in [-0.4, -0.2) is 44.8 Å². The van der Waals surface area contributed by atoms with E-state index in [0.717, 1.165) is 15.4 Å². The molecule has 0 aliphatic rings. The van der Waals surface area contributed by atoms with Crippen LogP contribution in [0.1, 0.15) is 16.7 Å². The van der Waals surface area contributed by atoms with E-state index in [1.165, 1.54) is 60.5 Å². The van der Waals surface area contributed by atoms with Gasteiger partial charge in [0.1, 0.15) is 18.4 Å². The number of nitrogens with zero attached hydrogens (tertiary/aromatic N) is 2. The van der Waals surface area contributed by atoms with Gasteiger partial charge in [0.2, 0.25) is 11.8 Å². The van der Waals surface area contributed by atoms with Gasteiger partial charge in [0.25, 0.3) is 10.0 Å². The maximum Gasteiger partial charge on any atom is 0.264 e. The zero-order valence-electron chi connectivity index (χ0n) is 23.2. The second kappa shape index (κ2) is 13.6. The van der Waals surface area contributed by atoms with Crippen LogP contribution in [0.25, 0.3) is 0 Å². The molecule has 1 N–H and O–H groups in total. The number of halogens is 2. The third-order valence-corrected chi connectivity index (χ3v) is 8.79. The smallest absolute Gasteiger partial charge is 0.264 e. The molecule has 218 valence electrons. The second-order valence-electron chi connectivity index (χ2n) is 9.77. The fourth-order valence-electron chi connectivity index (χ4n) is 4.55. The molecule has 0 saturated heterocycles. The highest BCUT2D eigenvalue weighted by Gasteiger charge is 2.34. The van der Waals surface area contributed by atoms with Crippen molar-refractivity contribution >= 4 is 39.1 Å². The van der Waals surface area contributed by atoms with Gasteiger partial charge < -0.3 is 10.2 Å². The molecule has 2 amide bonds. The van der Waals surface area contributed by atoms with E-state index in [1.54, 1.807) is 18.2 Å². The van der Waals surface area contributed by atoms with Crippen molar-refractivity contribution in [2.45, 2.75) is 30.8 Å². The van der Waals surface area contributed by atoms with Crippen LogP contribution >= 0.6 is 11.6 Å². The zero-order chi connectivity index (χ0) is 30.3. The zero-order valence-corrected chi connectivity index (χ0v) is 24.8. The van der Waals surface area contributed by atoms with Gasteiger partial charge in [-0.25, -0.2) is 12.8 Å². The topological polar surface area (TPSA) is 86.8 Å². The lowest BCUT2D eigenvalue weighted by Crippen LogP contribution is -2.53. The van der Waals surface area contributed by atoms with Crippen LogP contribution in [0.3, 0.4) is 0 Å². The van der Waals surface area contributed by atoms with E-state index < -0.39 is 40.2 Å². The van der Waals surface area contributed by atoms with Gasteiger partial charge in [-0.1, -0.05) is 66.2 Å². The summed E-state index contributed by atoms with van der Waals surface area (Å²) in [6.07, 6.45) is 0.182. The molecule has 42 heavy (non-hydrogen) atoms. The van der Waals surface area contributed by atoms with E-state index in [1.807, 2.05) is 43.3 Å². The number of anilines is 1. The van der Waals surface area contributed by atoms with Crippen LogP contribution in [0.15, 0.2) is 108 Å². The minimum atomic E-state index is -4.23. The summed E-state index contributed by atoms with van der Waals surface area (Å²) < 4.78 is 42.6. The number of carbonyl (C=O) groups is 2. The van der Waals surface area contributed by atoms with Crippen LogP contribution in [0, 0.1) is 12.7 Å². The number of aryl methyl sites for hydroxylation is 1. The second-order valence-corrected chi connectivity index (χ2v) is 12.1. The molecule has 0 heterocycles. The molecule has 7 nitrogen and oxygen atoms in total. The third kappa shape index (κ3) is 7.54. The average Bonchev–Trinajstić information content (AvgIpc) is 2.98. The summed E-state index contributed by atoms with van der Waals surface area (Å²) in [7, 11) is -2.75. The van der Waals surface area contributed by atoms with Crippen molar-refractivity contribution in [3.63, 3.8) is 0 Å². The number of nitrogens with one attached hydrogen (secondary N) is 1. The first-order chi connectivity index (χ1) is 20.1. The number of sulfonamides is 1. The van der Waals surface area contributed by atoms with Crippen molar-refractivity contribution < 1.29 is 22.4 Å². The van der Waals surface area contributed by atoms with Crippen molar-refractivity contribution in [3.8, 4) is 0 Å². The standard InChI is InChI=1S/C32H31ClFN3O4S/c1-23-7-6-10-28(19-23)37(42(40,41)29-17-13-26(33)14-18-29)22-31(38)36(21-25-11-15-27(34)16-12-25)30(32(39)35-2)20-24-8-4-3-5-9-24/h3-19,30H,20-22H2,1-2H3,(H,35,39). The Kier molecular flexibility index (Phi) is 9.98. The summed E-state index contributed by atoms with van der Waals surface area (Å²) in [4.78, 5) is 28.8. The quantitative estimate of drug-likeness (QED) is 0.248. The van der Waals surface area contributed by atoms with Crippen molar-refractivity contribution in [2.75, 3.05) is 17.9 Å². The molecule has 4 aromatic rings. The molecule has 1 atom stereocenters. The first-order valence-corrected chi connectivity index (χ1v) is 15.0. The molecule has 4 rings (SSSR count). The molecule has 0 fully saturated rings. The SMILES string of the molecule is CNC(=O)C(Cc1ccccc1)N(Cc1ccc(F)cc1)C(=O)CN(c1cccc(C)c1)S(=O)(=O)c1ccc(Cl)cc1. The molecule has 1 unspecified atom stereocenters. The van der Waals surface area contributed by atoms with Gasteiger partial charge in [0.15, 0.2) is 0 Å². The molecule has 0 radical (unpaired) electrons. The summed E-state index contributed by atoms with van der Waals surface area (Å²) >= 11 is 6.01. The van der Waals surface area contributed by atoms with E-state index in [4.69, 9.17) is 11.6 Å². The molecular weight excluding hydrogens is 577 g/mol. The summed E-state index contributed by atoms with van der Waals surface area (Å²) in [5, 5.41) is 3.00.